The molecule has 3 rings (SSSR count). The van der Waals surface area contributed by atoms with Crippen LogP contribution in [0.1, 0.15) is 12.0 Å². The van der Waals surface area contributed by atoms with Crippen molar-refractivity contribution in [3.8, 4) is 5.88 Å². The van der Waals surface area contributed by atoms with E-state index in [4.69, 9.17) is 4.74 Å². The van der Waals surface area contributed by atoms with Crippen molar-refractivity contribution >= 4 is 21.9 Å². The van der Waals surface area contributed by atoms with Crippen molar-refractivity contribution in [2.75, 3.05) is 32.1 Å². The molecule has 0 bridgehead atoms. The number of anilines is 1. The maximum Gasteiger partial charge on any atom is 0.236 e. The Morgan fingerprint density at radius 2 is 2.00 bits per heavy atom. The number of nitrogens with zero attached hydrogens (tertiary/aromatic N) is 4. The fourth-order valence-electron chi connectivity index (χ4n) is 2.62. The molecule has 138 valence electrons. The van der Waals surface area contributed by atoms with Gasteiger partial charge in [0.2, 0.25) is 15.9 Å². The van der Waals surface area contributed by atoms with Crippen LogP contribution in [0.4, 0.5) is 5.82 Å². The van der Waals surface area contributed by atoms with Crippen LogP contribution in [-0.2, 0) is 10.0 Å². The van der Waals surface area contributed by atoms with Crippen molar-refractivity contribution in [2.24, 2.45) is 0 Å². The minimum absolute atomic E-state index is 0.235. The first-order chi connectivity index (χ1) is 12.4. The highest BCUT2D eigenvalue weighted by Crippen LogP contribution is 2.21. The van der Waals surface area contributed by atoms with Crippen molar-refractivity contribution in [3.63, 3.8) is 0 Å². The second-order valence-electron chi connectivity index (χ2n) is 6.25. The lowest BCUT2D eigenvalue weighted by Crippen LogP contribution is -2.29. The van der Waals surface area contributed by atoms with Gasteiger partial charge in [-0.15, -0.1) is 0 Å². The van der Waals surface area contributed by atoms with Gasteiger partial charge in [-0.1, -0.05) is 30.3 Å². The first-order valence-electron chi connectivity index (χ1n) is 8.33. The molecule has 1 aliphatic heterocycles. The van der Waals surface area contributed by atoms with Crippen LogP contribution in [0.3, 0.4) is 0 Å². The Kier molecular flexibility index (Phi) is 5.53. The highest BCUT2D eigenvalue weighted by atomic mass is 32.2. The largest absolute Gasteiger partial charge is 0.472 e. The van der Waals surface area contributed by atoms with Gasteiger partial charge in [-0.05, 0) is 18.1 Å². The van der Waals surface area contributed by atoms with Crippen molar-refractivity contribution < 1.29 is 13.2 Å². The maximum atomic E-state index is 12.5. The molecule has 1 atom stereocenters. The third-order valence-corrected chi connectivity index (χ3v) is 5.58. The molecule has 1 aromatic carbocycles. The fraction of sp³-hybridized carbons (Fsp3) is 0.333. The van der Waals surface area contributed by atoms with Crippen LogP contribution in [0.5, 0.6) is 5.88 Å². The number of ether oxygens (including phenoxy) is 1. The van der Waals surface area contributed by atoms with Gasteiger partial charge in [0, 0.05) is 26.0 Å². The van der Waals surface area contributed by atoms with E-state index in [0.29, 0.717) is 31.2 Å². The fourth-order valence-corrected chi connectivity index (χ4v) is 3.86. The summed E-state index contributed by atoms with van der Waals surface area (Å²) >= 11 is 0. The Bertz CT molecular complexity index is 869. The van der Waals surface area contributed by atoms with Crippen LogP contribution in [0, 0.1) is 0 Å². The second-order valence-corrected chi connectivity index (χ2v) is 8.07. The molecule has 0 N–H and O–H groups in total. The summed E-state index contributed by atoms with van der Waals surface area (Å²) < 4.78 is 32.2. The zero-order valence-electron chi connectivity index (χ0n) is 14.8. The van der Waals surface area contributed by atoms with Gasteiger partial charge in [-0.25, -0.2) is 8.42 Å². The first kappa shape index (κ1) is 18.3. The van der Waals surface area contributed by atoms with Crippen LogP contribution >= 0.6 is 0 Å². The van der Waals surface area contributed by atoms with Gasteiger partial charge < -0.3 is 9.64 Å². The van der Waals surface area contributed by atoms with E-state index in [0.717, 1.165) is 5.56 Å². The Hall–Kier alpha value is -2.45. The number of rotatable bonds is 6. The van der Waals surface area contributed by atoms with E-state index in [9.17, 15) is 8.42 Å². The van der Waals surface area contributed by atoms with Crippen LogP contribution in [-0.4, -0.2) is 56.0 Å². The molecule has 0 radical (unpaired) electrons. The average molecular weight is 374 g/mol. The second kappa shape index (κ2) is 7.84. The molecule has 1 fully saturated rings. The number of benzene rings is 1. The summed E-state index contributed by atoms with van der Waals surface area (Å²) in [5, 5.41) is 1.25. The highest BCUT2D eigenvalue weighted by molar-refractivity contribution is 7.92. The molecular weight excluding hydrogens is 352 g/mol. The number of sulfonamides is 1. The summed E-state index contributed by atoms with van der Waals surface area (Å²) in [6.45, 7) is 0.724. The average Bonchev–Trinajstić information content (AvgIpc) is 3.11. The first-order valence-corrected chi connectivity index (χ1v) is 9.84. The molecule has 1 aliphatic rings. The SMILES string of the molecule is CN(C)c1cncc(OC2CCN(S(=O)(=O)/C=C/c3ccccc3)C2)n1. The predicted molar refractivity (Wildman–Crippen MR) is 101 cm³/mol. The van der Waals surface area contributed by atoms with Gasteiger partial charge in [0.15, 0.2) is 5.82 Å². The van der Waals surface area contributed by atoms with Crippen LogP contribution in [0.25, 0.3) is 6.08 Å². The molecule has 1 unspecified atom stereocenters. The lowest BCUT2D eigenvalue weighted by Gasteiger charge is -2.16. The van der Waals surface area contributed by atoms with Crippen molar-refractivity contribution in [3.05, 3.63) is 53.7 Å². The summed E-state index contributed by atoms with van der Waals surface area (Å²) in [6.07, 6.45) is 5.18. The van der Waals surface area contributed by atoms with E-state index in [-0.39, 0.29) is 6.10 Å². The topological polar surface area (TPSA) is 75.6 Å². The molecule has 0 saturated carbocycles. The van der Waals surface area contributed by atoms with Gasteiger partial charge in [-0.3, -0.25) is 4.98 Å². The predicted octanol–water partition coefficient (Wildman–Crippen LogP) is 2.00. The monoisotopic (exact) mass is 374 g/mol. The van der Waals surface area contributed by atoms with E-state index in [1.807, 2.05) is 49.3 Å². The summed E-state index contributed by atoms with van der Waals surface area (Å²) in [6, 6.07) is 9.35. The Balaban J connectivity index is 1.62. The Labute approximate surface area is 154 Å². The van der Waals surface area contributed by atoms with E-state index in [2.05, 4.69) is 9.97 Å². The van der Waals surface area contributed by atoms with Crippen molar-refractivity contribution in [1.82, 2.24) is 14.3 Å². The minimum Gasteiger partial charge on any atom is -0.472 e. The summed E-state index contributed by atoms with van der Waals surface area (Å²) in [5.74, 6) is 1.09. The Morgan fingerprint density at radius 1 is 1.23 bits per heavy atom. The Morgan fingerprint density at radius 3 is 2.73 bits per heavy atom. The standard InChI is InChI=1S/C18H22N4O3S/c1-21(2)17-12-19-13-18(20-17)25-16-8-10-22(14-16)26(23,24)11-9-15-6-4-3-5-7-15/h3-7,9,11-13,16H,8,10,14H2,1-2H3/b11-9+. The molecule has 2 heterocycles. The molecule has 0 aliphatic carbocycles. The maximum absolute atomic E-state index is 12.5. The molecule has 8 heteroatoms. The third-order valence-electron chi connectivity index (χ3n) is 4.05. The molecule has 1 aromatic heterocycles. The molecular formula is C18H22N4O3S. The third kappa shape index (κ3) is 4.59. The highest BCUT2D eigenvalue weighted by Gasteiger charge is 2.31. The summed E-state index contributed by atoms with van der Waals surface area (Å²) in [7, 11) is 0.267. The lowest BCUT2D eigenvalue weighted by atomic mass is 10.2. The van der Waals surface area contributed by atoms with Crippen LogP contribution < -0.4 is 9.64 Å². The molecule has 26 heavy (non-hydrogen) atoms. The quantitative estimate of drug-likeness (QED) is 0.770. The molecule has 0 amide bonds. The molecule has 0 spiro atoms. The van der Waals surface area contributed by atoms with E-state index in [1.165, 1.54) is 9.71 Å². The molecule has 7 nitrogen and oxygen atoms in total. The lowest BCUT2D eigenvalue weighted by molar-refractivity contribution is 0.206. The van der Waals surface area contributed by atoms with Gasteiger partial charge >= 0.3 is 0 Å². The molecule has 2 aromatic rings. The van der Waals surface area contributed by atoms with Crippen LogP contribution in [0.2, 0.25) is 0 Å². The van der Waals surface area contributed by atoms with E-state index in [1.54, 1.807) is 18.5 Å². The van der Waals surface area contributed by atoms with Gasteiger partial charge in [0.25, 0.3) is 0 Å². The van der Waals surface area contributed by atoms with Crippen LogP contribution in [0.15, 0.2) is 48.1 Å². The smallest absolute Gasteiger partial charge is 0.236 e. The van der Waals surface area contributed by atoms with Gasteiger partial charge in [-0.2, -0.15) is 9.29 Å². The minimum atomic E-state index is -3.48. The molecule has 1 saturated heterocycles. The number of aromatic nitrogens is 2. The van der Waals surface area contributed by atoms with Gasteiger partial charge in [0.1, 0.15) is 6.10 Å². The zero-order valence-corrected chi connectivity index (χ0v) is 15.6. The zero-order chi connectivity index (χ0) is 18.6. The normalized spacial score (nSPS) is 18.3. The van der Waals surface area contributed by atoms with Crippen molar-refractivity contribution in [2.45, 2.75) is 12.5 Å². The van der Waals surface area contributed by atoms with Crippen molar-refractivity contribution in [1.29, 1.82) is 0 Å². The van der Waals surface area contributed by atoms with E-state index >= 15 is 0 Å². The van der Waals surface area contributed by atoms with E-state index < -0.39 is 10.0 Å². The van der Waals surface area contributed by atoms with Gasteiger partial charge in [0.05, 0.1) is 18.9 Å². The number of hydrogen-bond acceptors (Lipinski definition) is 6. The summed E-state index contributed by atoms with van der Waals surface area (Å²) in [5.41, 5.74) is 0.846. The number of hydrogen-bond donors (Lipinski definition) is 0. The summed E-state index contributed by atoms with van der Waals surface area (Å²) in [4.78, 5) is 10.3.